The van der Waals surface area contributed by atoms with E-state index in [2.05, 4.69) is 58.1 Å². The van der Waals surface area contributed by atoms with E-state index < -0.39 is 0 Å². The van der Waals surface area contributed by atoms with E-state index in [-0.39, 0.29) is 0 Å². The number of rotatable bonds is 1. The summed E-state index contributed by atoms with van der Waals surface area (Å²) in [6, 6.07) is 26.7. The minimum atomic E-state index is 0.499. The van der Waals surface area contributed by atoms with Crippen molar-refractivity contribution in [1.82, 2.24) is 15.0 Å². The Morgan fingerprint density at radius 1 is 0.808 bits per heavy atom. The molecule has 0 saturated heterocycles. The first-order chi connectivity index (χ1) is 12.8. The van der Waals surface area contributed by atoms with Gasteiger partial charge in [0.2, 0.25) is 5.11 Å². The van der Waals surface area contributed by atoms with E-state index in [1.54, 1.807) is 4.68 Å². The third-order valence-electron chi connectivity index (χ3n) is 4.53. The number of aromatic nitrogens is 3. The number of hydrogen-bond donors (Lipinski definition) is 1. The van der Waals surface area contributed by atoms with E-state index >= 15 is 0 Å². The van der Waals surface area contributed by atoms with Gasteiger partial charge in [0.05, 0.1) is 5.52 Å². The van der Waals surface area contributed by atoms with Crippen molar-refractivity contribution in [3.05, 3.63) is 78.9 Å². The molecule has 0 aliphatic heterocycles. The summed E-state index contributed by atoms with van der Waals surface area (Å²) >= 11 is 5.59. The van der Waals surface area contributed by atoms with Crippen molar-refractivity contribution < 1.29 is 0 Å². The number of para-hydroxylation sites is 1. The molecule has 0 aliphatic carbocycles. The Morgan fingerprint density at radius 2 is 1.54 bits per heavy atom. The SMILES string of the molecule is S=C(Nc1cccc2cc3ccccc3cc12)n1nnc2ccccc21. The van der Waals surface area contributed by atoms with Crippen LogP contribution in [0.4, 0.5) is 5.69 Å². The Morgan fingerprint density at radius 3 is 2.42 bits per heavy atom. The minimum Gasteiger partial charge on any atom is -0.330 e. The highest BCUT2D eigenvalue weighted by Crippen LogP contribution is 2.28. The van der Waals surface area contributed by atoms with Gasteiger partial charge in [-0.3, -0.25) is 0 Å². The largest absolute Gasteiger partial charge is 0.330 e. The highest BCUT2D eigenvalue weighted by atomic mass is 32.1. The lowest BCUT2D eigenvalue weighted by Crippen LogP contribution is -2.20. The van der Waals surface area contributed by atoms with Crippen LogP contribution in [0.5, 0.6) is 0 Å². The molecule has 5 aromatic rings. The predicted octanol–water partition coefficient (Wildman–Crippen LogP) is 4.98. The molecule has 0 unspecified atom stereocenters. The van der Waals surface area contributed by atoms with Crippen LogP contribution < -0.4 is 5.32 Å². The zero-order valence-electron chi connectivity index (χ0n) is 13.8. The predicted molar refractivity (Wildman–Crippen MR) is 111 cm³/mol. The number of nitrogens with zero attached hydrogens (tertiary/aromatic N) is 3. The fourth-order valence-electron chi connectivity index (χ4n) is 3.26. The lowest BCUT2D eigenvalue weighted by molar-refractivity contribution is 0.870. The van der Waals surface area contributed by atoms with Gasteiger partial charge in [-0.25, -0.2) is 0 Å². The molecular weight excluding hydrogens is 340 g/mol. The van der Waals surface area contributed by atoms with Crippen LogP contribution >= 0.6 is 12.2 Å². The van der Waals surface area contributed by atoms with E-state index in [1.165, 1.54) is 16.2 Å². The number of nitrogens with one attached hydrogen (secondary N) is 1. The van der Waals surface area contributed by atoms with Gasteiger partial charge >= 0.3 is 0 Å². The van der Waals surface area contributed by atoms with Gasteiger partial charge in [0.15, 0.2) is 0 Å². The lowest BCUT2D eigenvalue weighted by Gasteiger charge is -2.12. The smallest absolute Gasteiger partial charge is 0.200 e. The van der Waals surface area contributed by atoms with Gasteiger partial charge in [0, 0.05) is 11.1 Å². The van der Waals surface area contributed by atoms with Crippen molar-refractivity contribution in [2.24, 2.45) is 0 Å². The molecule has 4 nitrogen and oxygen atoms in total. The Balaban J connectivity index is 1.60. The normalized spacial score (nSPS) is 11.2. The summed E-state index contributed by atoms with van der Waals surface area (Å²) in [5.74, 6) is 0. The molecule has 0 saturated carbocycles. The molecule has 1 heterocycles. The van der Waals surface area contributed by atoms with Crippen LogP contribution in [0.2, 0.25) is 0 Å². The molecule has 5 heteroatoms. The molecule has 0 aliphatic rings. The first-order valence-electron chi connectivity index (χ1n) is 8.33. The van der Waals surface area contributed by atoms with Gasteiger partial charge < -0.3 is 5.32 Å². The standard InChI is InChI=1S/C21H14N4S/c26-21(25-20-11-4-3-9-19(20)23-24-25)22-18-10-5-8-16-12-14-6-1-2-7-15(14)13-17(16)18/h1-13H,(H,22,26). The highest BCUT2D eigenvalue weighted by molar-refractivity contribution is 7.80. The molecule has 0 amide bonds. The molecule has 4 aromatic carbocycles. The molecular formula is C21H14N4S. The molecule has 0 spiro atoms. The summed E-state index contributed by atoms with van der Waals surface area (Å²) in [5.41, 5.74) is 2.66. The van der Waals surface area contributed by atoms with Gasteiger partial charge in [-0.2, -0.15) is 4.68 Å². The van der Waals surface area contributed by atoms with Crippen LogP contribution in [0.3, 0.4) is 0 Å². The molecule has 5 rings (SSSR count). The number of anilines is 1. The van der Waals surface area contributed by atoms with Gasteiger partial charge in [0.1, 0.15) is 5.52 Å². The summed E-state index contributed by atoms with van der Waals surface area (Å²) in [5, 5.41) is 16.9. The maximum atomic E-state index is 5.59. The Hall–Kier alpha value is -3.31. The van der Waals surface area contributed by atoms with Crippen LogP contribution in [0, 0.1) is 0 Å². The van der Waals surface area contributed by atoms with Crippen molar-refractivity contribution in [1.29, 1.82) is 0 Å². The van der Waals surface area contributed by atoms with E-state index in [0.717, 1.165) is 22.1 Å². The van der Waals surface area contributed by atoms with Crippen LogP contribution in [0.15, 0.2) is 78.9 Å². The molecule has 1 aromatic heterocycles. The zero-order chi connectivity index (χ0) is 17.5. The summed E-state index contributed by atoms with van der Waals surface area (Å²) in [6.45, 7) is 0. The Bertz CT molecular complexity index is 1290. The first-order valence-corrected chi connectivity index (χ1v) is 8.74. The minimum absolute atomic E-state index is 0.499. The second kappa shape index (κ2) is 5.89. The molecule has 26 heavy (non-hydrogen) atoms. The Labute approximate surface area is 155 Å². The third-order valence-corrected chi connectivity index (χ3v) is 4.81. The monoisotopic (exact) mass is 354 g/mol. The van der Waals surface area contributed by atoms with Gasteiger partial charge in [0.25, 0.3) is 0 Å². The first kappa shape index (κ1) is 15.0. The number of thiocarbonyl (C=S) groups is 1. The topological polar surface area (TPSA) is 42.7 Å². The van der Waals surface area contributed by atoms with Crippen molar-refractivity contribution >= 4 is 55.6 Å². The number of benzene rings is 4. The van der Waals surface area contributed by atoms with Gasteiger partial charge in [-0.1, -0.05) is 53.7 Å². The molecule has 0 bridgehead atoms. The summed E-state index contributed by atoms with van der Waals surface area (Å²) < 4.78 is 1.66. The summed E-state index contributed by atoms with van der Waals surface area (Å²) in [7, 11) is 0. The second-order valence-corrected chi connectivity index (χ2v) is 6.53. The molecule has 0 radical (unpaired) electrons. The molecule has 0 atom stereocenters. The van der Waals surface area contributed by atoms with Gasteiger partial charge in [-0.05, 0) is 58.7 Å². The van der Waals surface area contributed by atoms with Crippen LogP contribution in [0.1, 0.15) is 0 Å². The quantitative estimate of drug-likeness (QED) is 0.340. The Kier molecular flexibility index (Phi) is 3.40. The van der Waals surface area contributed by atoms with E-state index in [1.807, 2.05) is 36.4 Å². The summed E-state index contributed by atoms with van der Waals surface area (Å²) in [4.78, 5) is 0. The van der Waals surface area contributed by atoms with E-state index in [9.17, 15) is 0 Å². The van der Waals surface area contributed by atoms with Gasteiger partial charge in [-0.15, -0.1) is 5.10 Å². The second-order valence-electron chi connectivity index (χ2n) is 6.15. The number of fused-ring (bicyclic) bond motifs is 3. The number of hydrogen-bond acceptors (Lipinski definition) is 3. The fraction of sp³-hybridized carbons (Fsp3) is 0. The lowest BCUT2D eigenvalue weighted by atomic mass is 10.0. The maximum absolute atomic E-state index is 5.59. The maximum Gasteiger partial charge on any atom is 0.200 e. The average Bonchev–Trinajstić information content (AvgIpc) is 3.11. The third kappa shape index (κ3) is 2.41. The van der Waals surface area contributed by atoms with Crippen molar-refractivity contribution in [3.63, 3.8) is 0 Å². The van der Waals surface area contributed by atoms with Crippen LogP contribution in [-0.2, 0) is 0 Å². The highest BCUT2D eigenvalue weighted by Gasteiger charge is 2.10. The fourth-order valence-corrected chi connectivity index (χ4v) is 3.51. The zero-order valence-corrected chi connectivity index (χ0v) is 14.6. The molecule has 1 N–H and O–H groups in total. The van der Waals surface area contributed by atoms with E-state index in [0.29, 0.717) is 5.11 Å². The van der Waals surface area contributed by atoms with Crippen molar-refractivity contribution in [3.8, 4) is 0 Å². The molecule has 0 fully saturated rings. The van der Waals surface area contributed by atoms with Crippen molar-refractivity contribution in [2.45, 2.75) is 0 Å². The van der Waals surface area contributed by atoms with Crippen LogP contribution in [0.25, 0.3) is 32.6 Å². The van der Waals surface area contributed by atoms with Crippen LogP contribution in [-0.4, -0.2) is 20.1 Å². The average molecular weight is 354 g/mol. The van der Waals surface area contributed by atoms with E-state index in [4.69, 9.17) is 12.2 Å². The molecule has 124 valence electrons. The van der Waals surface area contributed by atoms with Crippen molar-refractivity contribution in [2.75, 3.05) is 5.32 Å². The summed E-state index contributed by atoms with van der Waals surface area (Å²) in [6.07, 6.45) is 0.